The fourth-order valence-electron chi connectivity index (χ4n) is 1.74. The quantitative estimate of drug-likeness (QED) is 0.639. The van der Waals surface area contributed by atoms with Crippen molar-refractivity contribution < 1.29 is 30.9 Å². The second kappa shape index (κ2) is 5.64. The van der Waals surface area contributed by atoms with Gasteiger partial charge >= 0.3 is 11.4 Å². The molecule has 0 amide bonds. The summed E-state index contributed by atoms with van der Waals surface area (Å²) in [7, 11) is 0.967. The van der Waals surface area contributed by atoms with E-state index in [1.165, 1.54) is 0 Å². The maximum absolute atomic E-state index is 12.9. The number of alkyl halides is 5. The van der Waals surface area contributed by atoms with E-state index >= 15 is 0 Å². The van der Waals surface area contributed by atoms with Crippen LogP contribution in [0.3, 0.4) is 0 Å². The predicted octanol–water partition coefficient (Wildman–Crippen LogP) is 2.67. The van der Waals surface area contributed by atoms with Crippen LogP contribution < -0.4 is 0 Å². The maximum Gasteiger partial charge on any atom is 0.435 e. The molecule has 0 aromatic carbocycles. The first kappa shape index (κ1) is 15.8. The molecule has 2 rings (SSSR count). The molecule has 0 N–H and O–H groups in total. The van der Waals surface area contributed by atoms with Crippen molar-refractivity contribution in [2.75, 3.05) is 0 Å². The third-order valence-electron chi connectivity index (χ3n) is 2.55. The van der Waals surface area contributed by atoms with Crippen LogP contribution in [0.4, 0.5) is 22.0 Å². The molecule has 0 aliphatic heterocycles. The predicted molar refractivity (Wildman–Crippen MR) is 59.8 cm³/mol. The molecule has 0 bridgehead atoms. The lowest BCUT2D eigenvalue weighted by Gasteiger charge is -2.10. The van der Waals surface area contributed by atoms with E-state index in [0.29, 0.717) is 4.68 Å². The molecule has 1 atom stereocenters. The Hall–Kier alpha value is -1.62. The van der Waals surface area contributed by atoms with Crippen LogP contribution in [0.2, 0.25) is 0 Å². The van der Waals surface area contributed by atoms with Crippen molar-refractivity contribution in [1.82, 2.24) is 14.8 Å². The topological polar surface area (TPSA) is 66.9 Å². The minimum absolute atomic E-state index is 0.341. The van der Waals surface area contributed by atoms with E-state index < -0.39 is 46.5 Å². The van der Waals surface area contributed by atoms with Crippen LogP contribution in [-0.4, -0.2) is 19.3 Å². The van der Waals surface area contributed by atoms with Gasteiger partial charge in [-0.2, -0.15) is 23.3 Å². The molecule has 0 radical (unpaired) electrons. The van der Waals surface area contributed by atoms with Gasteiger partial charge < -0.3 is 8.97 Å². The Morgan fingerprint density at radius 3 is 2.57 bits per heavy atom. The van der Waals surface area contributed by atoms with Crippen molar-refractivity contribution in [2.24, 2.45) is 7.05 Å². The summed E-state index contributed by atoms with van der Waals surface area (Å²) < 4.78 is 81.3. The van der Waals surface area contributed by atoms with Gasteiger partial charge in [0.15, 0.2) is 5.69 Å². The highest BCUT2D eigenvalue weighted by atomic mass is 32.2. The van der Waals surface area contributed by atoms with E-state index in [1.807, 2.05) is 0 Å². The third kappa shape index (κ3) is 3.18. The number of oxazole rings is 1. The summed E-state index contributed by atoms with van der Waals surface area (Å²) in [6, 6.07) is 0. The van der Waals surface area contributed by atoms with Gasteiger partial charge in [0, 0.05) is 7.05 Å². The van der Waals surface area contributed by atoms with Gasteiger partial charge in [0.25, 0.3) is 6.43 Å². The highest BCUT2D eigenvalue weighted by molar-refractivity contribution is 7.90. The van der Waals surface area contributed by atoms with Crippen LogP contribution in [0, 0.1) is 0 Å². The fraction of sp³-hybridized carbons (Fsp3) is 0.400. The van der Waals surface area contributed by atoms with Crippen LogP contribution in [0.25, 0.3) is 0 Å². The maximum atomic E-state index is 12.9. The van der Waals surface area contributed by atoms with E-state index in [4.69, 9.17) is 4.42 Å². The van der Waals surface area contributed by atoms with Crippen molar-refractivity contribution in [2.45, 2.75) is 23.6 Å². The molecule has 0 saturated carbocycles. The number of hydrogen-bond acceptors (Lipinski definition) is 4. The van der Waals surface area contributed by atoms with Crippen LogP contribution in [-0.2, 0) is 30.2 Å². The van der Waals surface area contributed by atoms with E-state index in [2.05, 4.69) is 10.1 Å². The Morgan fingerprint density at radius 1 is 1.43 bits per heavy atom. The lowest BCUT2D eigenvalue weighted by molar-refractivity contribution is -0.141. The molecule has 21 heavy (non-hydrogen) atoms. The molecule has 2 heterocycles. The first-order valence-corrected chi connectivity index (χ1v) is 6.72. The van der Waals surface area contributed by atoms with Crippen LogP contribution in [0.5, 0.6) is 0 Å². The Balaban J connectivity index is 2.45. The van der Waals surface area contributed by atoms with E-state index in [1.54, 1.807) is 0 Å². The molecule has 116 valence electrons. The molecule has 2 aromatic heterocycles. The molecule has 2 aromatic rings. The van der Waals surface area contributed by atoms with E-state index in [9.17, 15) is 26.5 Å². The molecule has 0 saturated heterocycles. The molecule has 1 unspecified atom stereocenters. The summed E-state index contributed by atoms with van der Waals surface area (Å²) in [5.41, 5.74) is -3.24. The van der Waals surface area contributed by atoms with E-state index in [0.717, 1.165) is 19.5 Å². The zero-order valence-electron chi connectivity index (χ0n) is 10.4. The number of hydrogen-bond donors (Lipinski definition) is 0. The largest absolute Gasteiger partial charge is 0.607 e. The monoisotopic (exact) mass is 329 g/mol. The lowest BCUT2D eigenvalue weighted by atomic mass is 10.2. The zero-order valence-corrected chi connectivity index (χ0v) is 11.2. The van der Waals surface area contributed by atoms with Gasteiger partial charge in [-0.1, -0.05) is 0 Å². The molecule has 0 spiro atoms. The number of aryl methyl sites for hydroxylation is 1. The first-order chi connectivity index (χ1) is 9.71. The van der Waals surface area contributed by atoms with Gasteiger partial charge in [0.05, 0.1) is 22.9 Å². The highest BCUT2D eigenvalue weighted by Crippen LogP contribution is 2.37. The lowest BCUT2D eigenvalue weighted by Crippen LogP contribution is -2.14. The van der Waals surface area contributed by atoms with Gasteiger partial charge in [-0.15, -0.1) is 0 Å². The van der Waals surface area contributed by atoms with Gasteiger partial charge in [0.1, 0.15) is 17.7 Å². The summed E-state index contributed by atoms with van der Waals surface area (Å²) in [4.78, 5) is 3.52. The summed E-state index contributed by atoms with van der Waals surface area (Å²) in [5, 5.41) is 2.72. The van der Waals surface area contributed by atoms with Gasteiger partial charge in [-0.3, -0.25) is 4.68 Å². The number of nitrogens with zero attached hydrogens (tertiary/aromatic N) is 3. The SMILES string of the molecule is Cn1nc(C(F)(F)F)c(C[S+]([O-])c2ncco2)c1C(F)F. The molecule has 0 fully saturated rings. The number of halogens is 5. The molecule has 0 aliphatic rings. The molecular weight excluding hydrogens is 321 g/mol. The Morgan fingerprint density at radius 2 is 2.10 bits per heavy atom. The van der Waals surface area contributed by atoms with E-state index in [-0.39, 0.29) is 5.22 Å². The van der Waals surface area contributed by atoms with Crippen molar-refractivity contribution in [3.8, 4) is 0 Å². The average molecular weight is 329 g/mol. The fourth-order valence-corrected chi connectivity index (χ4v) is 2.75. The summed E-state index contributed by atoms with van der Waals surface area (Å²) in [5.74, 6) is -0.817. The van der Waals surface area contributed by atoms with Gasteiger partial charge in [-0.25, -0.2) is 8.78 Å². The minimum Gasteiger partial charge on any atom is -0.607 e. The van der Waals surface area contributed by atoms with Gasteiger partial charge in [-0.05, 0) is 0 Å². The number of aromatic nitrogens is 3. The summed E-state index contributed by atoms with van der Waals surface area (Å²) in [6.07, 6.45) is -5.89. The molecule has 5 nitrogen and oxygen atoms in total. The van der Waals surface area contributed by atoms with Crippen molar-refractivity contribution >= 4 is 11.2 Å². The molecule has 11 heteroatoms. The second-order valence-electron chi connectivity index (χ2n) is 3.92. The highest BCUT2D eigenvalue weighted by Gasteiger charge is 2.42. The standard InChI is InChI=1S/C10H8F5N3O2S/c1-18-6(8(11)12)5(7(17-18)10(13,14)15)4-21(19)9-16-2-3-20-9/h2-3,8H,4H2,1H3. The normalized spacial score (nSPS) is 13.9. The second-order valence-corrected chi connectivity index (χ2v) is 5.25. The summed E-state index contributed by atoms with van der Waals surface area (Å²) in [6.45, 7) is 0. The molecular formula is C10H8F5N3O2S. The van der Waals surface area contributed by atoms with Crippen LogP contribution in [0.1, 0.15) is 23.4 Å². The Labute approximate surface area is 117 Å². The van der Waals surface area contributed by atoms with Crippen LogP contribution in [0.15, 0.2) is 22.1 Å². The van der Waals surface area contributed by atoms with Crippen molar-refractivity contribution in [3.05, 3.63) is 29.4 Å². The minimum atomic E-state index is -4.93. The third-order valence-corrected chi connectivity index (χ3v) is 3.69. The zero-order chi connectivity index (χ0) is 15.8. The van der Waals surface area contributed by atoms with Crippen LogP contribution >= 0.6 is 0 Å². The summed E-state index contributed by atoms with van der Waals surface area (Å²) >= 11 is -2.13. The van der Waals surface area contributed by atoms with Crippen molar-refractivity contribution in [3.63, 3.8) is 0 Å². The first-order valence-electron chi connectivity index (χ1n) is 5.40. The molecule has 0 aliphatic carbocycles. The average Bonchev–Trinajstić information content (AvgIpc) is 2.95. The number of rotatable bonds is 4. The Bertz CT molecular complexity index is 611. The Kier molecular flexibility index (Phi) is 4.23. The van der Waals surface area contributed by atoms with Gasteiger partial charge in [0.2, 0.25) is 0 Å². The smallest absolute Gasteiger partial charge is 0.435 e. The van der Waals surface area contributed by atoms with Crippen molar-refractivity contribution in [1.29, 1.82) is 0 Å².